The third-order valence-corrected chi connectivity index (χ3v) is 3.15. The maximum Gasteiger partial charge on any atom is 0.187 e. The second-order valence-corrected chi connectivity index (χ2v) is 6.35. The number of hydrogen-bond acceptors (Lipinski definition) is 4. The largest absolute Gasteiger partial charge is 0.493 e. The van der Waals surface area contributed by atoms with Gasteiger partial charge in [0.05, 0.1) is 19.9 Å². The Morgan fingerprint density at radius 2 is 2.00 bits per heavy atom. The fraction of sp³-hybridized carbons (Fsp3) is 0.529. The van der Waals surface area contributed by atoms with Gasteiger partial charge >= 0.3 is 0 Å². The number of rotatable bonds is 8. The Morgan fingerprint density at radius 3 is 2.61 bits per heavy atom. The van der Waals surface area contributed by atoms with Crippen LogP contribution in [-0.2, 0) is 0 Å². The Bertz CT molecular complexity index is 531. The first-order chi connectivity index (χ1) is 10.9. The number of hydrogen-bond donors (Lipinski definition) is 2. The number of thiocarbonyl (C=S) groups is 1. The molecule has 0 fully saturated rings. The zero-order chi connectivity index (χ0) is 17.2. The van der Waals surface area contributed by atoms with Gasteiger partial charge in [-0.05, 0) is 62.2 Å². The minimum absolute atomic E-state index is 0.271. The summed E-state index contributed by atoms with van der Waals surface area (Å²) in [6, 6.07) is 5.98. The molecule has 0 aromatic heterocycles. The Kier molecular flexibility index (Phi) is 8.40. The topological polar surface area (TPSA) is 54.9 Å². The quantitative estimate of drug-likeness (QED) is 0.433. The summed E-state index contributed by atoms with van der Waals surface area (Å²) in [5.41, 5.74) is 3.68. The van der Waals surface area contributed by atoms with E-state index in [1.165, 1.54) is 0 Å². The van der Waals surface area contributed by atoms with Crippen molar-refractivity contribution >= 4 is 23.5 Å². The summed E-state index contributed by atoms with van der Waals surface area (Å²) in [6.07, 6.45) is 2.70. The predicted molar refractivity (Wildman–Crippen MR) is 99.5 cm³/mol. The van der Waals surface area contributed by atoms with E-state index >= 15 is 0 Å². The standard InChI is InChI=1S/C17H27N3O2S/c1-12(2)8-9-22-15-7-6-14(10-16(15)21-5)11-18-20-17(23)19-13(3)4/h6-7,10-13H,8-9H2,1-5H3,(H2,19,20,23)/b18-11-. The van der Waals surface area contributed by atoms with E-state index in [-0.39, 0.29) is 6.04 Å². The molecule has 128 valence electrons. The van der Waals surface area contributed by atoms with E-state index in [1.54, 1.807) is 13.3 Å². The van der Waals surface area contributed by atoms with Crippen LogP contribution in [0.4, 0.5) is 0 Å². The van der Waals surface area contributed by atoms with E-state index in [0.717, 1.165) is 17.7 Å². The Morgan fingerprint density at radius 1 is 1.26 bits per heavy atom. The molecule has 6 heteroatoms. The lowest BCUT2D eigenvalue weighted by Crippen LogP contribution is -2.36. The molecule has 0 amide bonds. The van der Waals surface area contributed by atoms with Gasteiger partial charge in [-0.25, -0.2) is 0 Å². The van der Waals surface area contributed by atoms with E-state index in [1.807, 2.05) is 32.0 Å². The lowest BCUT2D eigenvalue weighted by atomic mass is 10.1. The van der Waals surface area contributed by atoms with Crippen LogP contribution in [0.25, 0.3) is 0 Å². The summed E-state index contributed by atoms with van der Waals surface area (Å²) >= 11 is 5.10. The van der Waals surface area contributed by atoms with Gasteiger partial charge in [-0.1, -0.05) is 13.8 Å². The first kappa shape index (κ1) is 19.2. The van der Waals surface area contributed by atoms with Crippen LogP contribution in [0.5, 0.6) is 11.5 Å². The summed E-state index contributed by atoms with van der Waals surface area (Å²) < 4.78 is 11.1. The lowest BCUT2D eigenvalue weighted by molar-refractivity contribution is 0.273. The van der Waals surface area contributed by atoms with E-state index in [2.05, 4.69) is 29.7 Å². The van der Waals surface area contributed by atoms with Crippen LogP contribution in [0, 0.1) is 5.92 Å². The zero-order valence-electron chi connectivity index (χ0n) is 14.6. The molecule has 1 aromatic carbocycles. The van der Waals surface area contributed by atoms with Crippen molar-refractivity contribution in [1.82, 2.24) is 10.7 Å². The molecule has 0 aliphatic rings. The molecule has 23 heavy (non-hydrogen) atoms. The van der Waals surface area contributed by atoms with Gasteiger partial charge in [0.1, 0.15) is 0 Å². The Labute approximate surface area is 144 Å². The number of ether oxygens (including phenoxy) is 2. The zero-order valence-corrected chi connectivity index (χ0v) is 15.4. The molecular weight excluding hydrogens is 310 g/mol. The monoisotopic (exact) mass is 337 g/mol. The maximum atomic E-state index is 5.76. The molecule has 0 radical (unpaired) electrons. The highest BCUT2D eigenvalue weighted by Gasteiger charge is 2.05. The highest BCUT2D eigenvalue weighted by molar-refractivity contribution is 7.80. The van der Waals surface area contributed by atoms with Crippen LogP contribution < -0.4 is 20.2 Å². The number of benzene rings is 1. The van der Waals surface area contributed by atoms with Gasteiger partial charge in [-0.15, -0.1) is 0 Å². The van der Waals surface area contributed by atoms with Gasteiger partial charge in [0.25, 0.3) is 0 Å². The molecule has 0 saturated carbocycles. The Hall–Kier alpha value is -1.82. The molecule has 0 aliphatic carbocycles. The van der Waals surface area contributed by atoms with Gasteiger partial charge in [-0.2, -0.15) is 5.10 Å². The Balaban J connectivity index is 2.62. The third-order valence-electron chi connectivity index (χ3n) is 2.94. The van der Waals surface area contributed by atoms with Crippen molar-refractivity contribution < 1.29 is 9.47 Å². The molecule has 5 nitrogen and oxygen atoms in total. The molecule has 2 N–H and O–H groups in total. The van der Waals surface area contributed by atoms with E-state index in [9.17, 15) is 0 Å². The average molecular weight is 337 g/mol. The highest BCUT2D eigenvalue weighted by Crippen LogP contribution is 2.27. The van der Waals surface area contributed by atoms with Crippen molar-refractivity contribution in [2.45, 2.75) is 40.2 Å². The van der Waals surface area contributed by atoms with E-state index in [4.69, 9.17) is 21.7 Å². The molecule has 1 aromatic rings. The smallest absolute Gasteiger partial charge is 0.187 e. The molecule has 0 atom stereocenters. The SMILES string of the molecule is COc1cc(/C=N\NC(=S)NC(C)C)ccc1OCCC(C)C. The van der Waals surface area contributed by atoms with Crippen molar-refractivity contribution in [3.05, 3.63) is 23.8 Å². The van der Waals surface area contributed by atoms with Crippen LogP contribution in [0.2, 0.25) is 0 Å². The minimum Gasteiger partial charge on any atom is -0.493 e. The van der Waals surface area contributed by atoms with Crippen LogP contribution in [-0.4, -0.2) is 31.1 Å². The van der Waals surface area contributed by atoms with Gasteiger partial charge in [-0.3, -0.25) is 5.43 Å². The number of nitrogens with zero attached hydrogens (tertiary/aromatic N) is 1. The second kappa shape index (κ2) is 10.0. The summed E-state index contributed by atoms with van der Waals surface area (Å²) in [5, 5.41) is 7.66. The van der Waals surface area contributed by atoms with Crippen LogP contribution >= 0.6 is 12.2 Å². The fourth-order valence-electron chi connectivity index (χ4n) is 1.75. The highest BCUT2D eigenvalue weighted by atomic mass is 32.1. The summed E-state index contributed by atoms with van der Waals surface area (Å²) in [4.78, 5) is 0. The molecule has 0 aliphatic heterocycles. The summed E-state index contributed by atoms with van der Waals surface area (Å²) in [7, 11) is 1.63. The molecule has 1 rings (SSSR count). The van der Waals surface area contributed by atoms with Gasteiger partial charge in [0.15, 0.2) is 16.6 Å². The maximum absolute atomic E-state index is 5.76. The first-order valence-electron chi connectivity index (χ1n) is 7.82. The number of methoxy groups -OCH3 is 1. The number of hydrazone groups is 1. The average Bonchev–Trinajstić information content (AvgIpc) is 2.47. The normalized spacial score (nSPS) is 11.1. The van der Waals surface area contributed by atoms with Crippen molar-refractivity contribution in [1.29, 1.82) is 0 Å². The third kappa shape index (κ3) is 7.83. The number of nitrogens with one attached hydrogen (secondary N) is 2. The predicted octanol–water partition coefficient (Wildman–Crippen LogP) is 3.33. The van der Waals surface area contributed by atoms with Gasteiger partial charge < -0.3 is 14.8 Å². The summed E-state index contributed by atoms with van der Waals surface area (Å²) in [5.74, 6) is 2.05. The molecule has 0 saturated heterocycles. The van der Waals surface area contributed by atoms with Crippen LogP contribution in [0.3, 0.4) is 0 Å². The first-order valence-corrected chi connectivity index (χ1v) is 8.23. The van der Waals surface area contributed by atoms with Gasteiger partial charge in [0.2, 0.25) is 0 Å². The van der Waals surface area contributed by atoms with E-state index in [0.29, 0.717) is 23.4 Å². The minimum atomic E-state index is 0.271. The fourth-order valence-corrected chi connectivity index (χ4v) is 2.04. The molecule has 0 spiro atoms. The van der Waals surface area contributed by atoms with Crippen molar-refractivity contribution in [3.63, 3.8) is 0 Å². The van der Waals surface area contributed by atoms with Crippen molar-refractivity contribution in [2.24, 2.45) is 11.0 Å². The van der Waals surface area contributed by atoms with Gasteiger partial charge in [0, 0.05) is 6.04 Å². The summed E-state index contributed by atoms with van der Waals surface area (Å²) in [6.45, 7) is 9.05. The molecule has 0 unspecified atom stereocenters. The van der Waals surface area contributed by atoms with Crippen LogP contribution in [0.1, 0.15) is 39.7 Å². The molecule has 0 bridgehead atoms. The second-order valence-electron chi connectivity index (χ2n) is 5.94. The molecule has 0 heterocycles. The van der Waals surface area contributed by atoms with Crippen molar-refractivity contribution in [3.8, 4) is 11.5 Å². The van der Waals surface area contributed by atoms with Crippen molar-refractivity contribution in [2.75, 3.05) is 13.7 Å². The molecular formula is C17H27N3O2S. The lowest BCUT2D eigenvalue weighted by Gasteiger charge is -2.12. The van der Waals surface area contributed by atoms with E-state index < -0.39 is 0 Å². The van der Waals surface area contributed by atoms with Crippen LogP contribution in [0.15, 0.2) is 23.3 Å².